The van der Waals surface area contributed by atoms with Crippen molar-refractivity contribution in [2.75, 3.05) is 0 Å². The predicted molar refractivity (Wildman–Crippen MR) is 109 cm³/mol. The van der Waals surface area contributed by atoms with Crippen molar-refractivity contribution < 1.29 is 21.7 Å². The summed E-state index contributed by atoms with van der Waals surface area (Å²) in [5.74, 6) is 1.28. The molecule has 0 aliphatic rings. The third kappa shape index (κ3) is 7.97. The van der Waals surface area contributed by atoms with Gasteiger partial charge in [0.2, 0.25) is 0 Å². The summed E-state index contributed by atoms with van der Waals surface area (Å²) in [5, 5.41) is 0. The molecule has 0 N–H and O–H groups in total. The predicted octanol–water partition coefficient (Wildman–Crippen LogP) is 6.81. The monoisotopic (exact) mass is 385 g/mol. The van der Waals surface area contributed by atoms with Gasteiger partial charge in [0.05, 0.1) is 0 Å². The Morgan fingerprint density at radius 2 is 0.680 bits per heavy atom. The first-order valence-electron chi connectivity index (χ1n) is 7.90. The maximum atomic E-state index is 3.25. The second-order valence-electron chi connectivity index (χ2n) is 4.47. The smallest absolute Gasteiger partial charge is 0.346 e. The third-order valence-electron chi connectivity index (χ3n) is 3.19. The molecule has 1 radical (unpaired) electrons. The van der Waals surface area contributed by atoms with Crippen molar-refractivity contribution in [2.45, 2.75) is 13.8 Å². The van der Waals surface area contributed by atoms with E-state index in [4.69, 9.17) is 0 Å². The van der Waals surface area contributed by atoms with Crippen molar-refractivity contribution >= 4 is 12.4 Å². The molecule has 0 nitrogen and oxygen atoms in total. The molecule has 0 saturated heterocycles. The molecule has 3 rings (SSSR count). The molecule has 0 aliphatic carbocycles. The van der Waals surface area contributed by atoms with Gasteiger partial charge in [0.15, 0.2) is 0 Å². The molecular formula is C23H26ClTi. The Kier molecular flexibility index (Phi) is 16.5. The van der Waals surface area contributed by atoms with Gasteiger partial charge in [-0.15, -0.1) is 12.4 Å². The molecule has 0 spiro atoms. The van der Waals surface area contributed by atoms with Gasteiger partial charge in [-0.3, -0.25) is 0 Å². The van der Waals surface area contributed by atoms with Crippen molar-refractivity contribution in [1.82, 2.24) is 0 Å². The largest absolute Gasteiger partial charge is 3.00 e. The SMILES string of the molecule is Cl.[CH2-]C.[CH2-]C.[Ti+3].c1ccc([C-](c2ccccc2)c2ccccc2)cc1. The summed E-state index contributed by atoms with van der Waals surface area (Å²) in [6, 6.07) is 31.6. The van der Waals surface area contributed by atoms with E-state index in [0.717, 1.165) is 0 Å². The van der Waals surface area contributed by atoms with Crippen LogP contribution < -0.4 is 0 Å². The molecule has 129 valence electrons. The molecule has 3 aromatic rings. The van der Waals surface area contributed by atoms with Gasteiger partial charge in [-0.05, 0) is 0 Å². The summed E-state index contributed by atoms with van der Waals surface area (Å²) in [4.78, 5) is 0. The van der Waals surface area contributed by atoms with E-state index in [1.165, 1.54) is 22.6 Å². The molecule has 0 fully saturated rings. The van der Waals surface area contributed by atoms with Crippen LogP contribution in [0.1, 0.15) is 30.5 Å². The molecule has 0 atom stereocenters. The van der Waals surface area contributed by atoms with Crippen molar-refractivity contribution in [1.29, 1.82) is 0 Å². The number of rotatable bonds is 3. The zero-order valence-electron chi connectivity index (χ0n) is 15.0. The Morgan fingerprint density at radius 3 is 0.880 bits per heavy atom. The average molecular weight is 386 g/mol. The van der Waals surface area contributed by atoms with Gasteiger partial charge in [0.1, 0.15) is 0 Å². The quantitative estimate of drug-likeness (QED) is 0.264. The van der Waals surface area contributed by atoms with Gasteiger partial charge in [0.25, 0.3) is 0 Å². The van der Waals surface area contributed by atoms with Crippen molar-refractivity contribution in [2.24, 2.45) is 0 Å². The van der Waals surface area contributed by atoms with Crippen LogP contribution in [0.15, 0.2) is 91.0 Å². The molecule has 0 amide bonds. The zero-order valence-corrected chi connectivity index (χ0v) is 17.4. The molecular weight excluding hydrogens is 360 g/mol. The van der Waals surface area contributed by atoms with Crippen LogP contribution in [-0.4, -0.2) is 0 Å². The van der Waals surface area contributed by atoms with Crippen LogP contribution in [0.3, 0.4) is 0 Å². The molecule has 0 saturated carbocycles. The fourth-order valence-corrected chi connectivity index (χ4v) is 2.31. The average Bonchev–Trinajstić information content (AvgIpc) is 2.68. The Balaban J connectivity index is 0. The number of halogens is 1. The minimum absolute atomic E-state index is 0. The van der Waals surface area contributed by atoms with Gasteiger partial charge in [-0.2, -0.15) is 13.8 Å². The first kappa shape index (κ1) is 25.8. The molecule has 0 aromatic heterocycles. The van der Waals surface area contributed by atoms with E-state index in [0.29, 0.717) is 0 Å². The number of hydrogen-bond donors (Lipinski definition) is 0. The number of hydrogen-bond acceptors (Lipinski definition) is 0. The number of benzene rings is 3. The first-order chi connectivity index (χ1) is 11.4. The molecule has 25 heavy (non-hydrogen) atoms. The summed E-state index contributed by atoms with van der Waals surface area (Å²) < 4.78 is 0. The Morgan fingerprint density at radius 1 is 0.480 bits per heavy atom. The fourth-order valence-electron chi connectivity index (χ4n) is 2.31. The first-order valence-corrected chi connectivity index (χ1v) is 7.90. The van der Waals surface area contributed by atoms with Crippen LogP contribution in [0.25, 0.3) is 0 Å². The fraction of sp³-hybridized carbons (Fsp3) is 0.0870. The van der Waals surface area contributed by atoms with Crippen molar-refractivity contribution in [3.8, 4) is 0 Å². The maximum Gasteiger partial charge on any atom is 3.00 e. The van der Waals surface area contributed by atoms with Crippen LogP contribution in [0.4, 0.5) is 0 Å². The van der Waals surface area contributed by atoms with Gasteiger partial charge >= 0.3 is 21.7 Å². The van der Waals surface area contributed by atoms with E-state index < -0.39 is 0 Å². The Hall–Kier alpha value is -1.47. The van der Waals surface area contributed by atoms with E-state index in [-0.39, 0.29) is 34.1 Å². The van der Waals surface area contributed by atoms with E-state index >= 15 is 0 Å². The van der Waals surface area contributed by atoms with Gasteiger partial charge in [0, 0.05) is 0 Å². The third-order valence-corrected chi connectivity index (χ3v) is 3.19. The summed E-state index contributed by atoms with van der Waals surface area (Å²) in [5.41, 5.74) is 3.75. The van der Waals surface area contributed by atoms with E-state index in [2.05, 4.69) is 105 Å². The van der Waals surface area contributed by atoms with E-state index in [1.807, 2.05) is 0 Å². The van der Waals surface area contributed by atoms with E-state index in [9.17, 15) is 0 Å². The van der Waals surface area contributed by atoms with Crippen LogP contribution in [0.2, 0.25) is 0 Å². The van der Waals surface area contributed by atoms with Crippen molar-refractivity contribution in [3.63, 3.8) is 0 Å². The second kappa shape index (κ2) is 16.0. The zero-order chi connectivity index (χ0) is 16.9. The molecule has 0 bridgehead atoms. The van der Waals surface area contributed by atoms with Gasteiger partial charge < -0.3 is 13.8 Å². The van der Waals surface area contributed by atoms with Crippen LogP contribution in [0, 0.1) is 19.8 Å². The molecule has 0 heterocycles. The molecule has 3 aromatic carbocycles. The summed E-state index contributed by atoms with van der Waals surface area (Å²) >= 11 is 0. The maximum absolute atomic E-state index is 3.25. The normalized spacial score (nSPS) is 8.16. The summed E-state index contributed by atoms with van der Waals surface area (Å²) in [6.45, 7) is 10.0. The summed E-state index contributed by atoms with van der Waals surface area (Å²) in [6.07, 6.45) is 0. The standard InChI is InChI=1S/C19H15.2C2H5.ClH.Ti/c1-4-10-16(11-5-1)19(17-12-6-2-7-13-17)18-14-8-3-9-15-18;2*1-2;;/h1-15H;2*1H2,2H3;1H;/q3*-1;;+3. The van der Waals surface area contributed by atoms with Gasteiger partial charge in [-0.25, -0.2) is 0 Å². The van der Waals surface area contributed by atoms with Gasteiger partial charge in [-0.1, -0.05) is 114 Å². The van der Waals surface area contributed by atoms with Crippen LogP contribution in [-0.2, 0) is 21.7 Å². The minimum atomic E-state index is 0. The van der Waals surface area contributed by atoms with Crippen LogP contribution in [0.5, 0.6) is 0 Å². The topological polar surface area (TPSA) is 0 Å². The second-order valence-corrected chi connectivity index (χ2v) is 4.47. The Bertz CT molecular complexity index is 530. The molecule has 0 unspecified atom stereocenters. The van der Waals surface area contributed by atoms with Crippen molar-refractivity contribution in [3.05, 3.63) is 127 Å². The van der Waals surface area contributed by atoms with Crippen LogP contribution >= 0.6 is 12.4 Å². The summed E-state index contributed by atoms with van der Waals surface area (Å²) in [7, 11) is 0. The molecule has 2 heteroatoms. The minimum Gasteiger partial charge on any atom is -0.346 e. The molecule has 0 aliphatic heterocycles. The van der Waals surface area contributed by atoms with E-state index in [1.54, 1.807) is 13.8 Å². The Labute approximate surface area is 175 Å².